The van der Waals surface area contributed by atoms with E-state index in [0.717, 1.165) is 38.5 Å². The van der Waals surface area contributed by atoms with Crippen molar-refractivity contribution in [3.8, 4) is 0 Å². The summed E-state index contributed by atoms with van der Waals surface area (Å²) in [5.74, 6) is 0.140. The van der Waals surface area contributed by atoms with Crippen LogP contribution in [0.25, 0.3) is 0 Å². The fraction of sp³-hybridized carbons (Fsp3) is 0.923. The van der Waals surface area contributed by atoms with E-state index in [2.05, 4.69) is 12.2 Å². The third-order valence-corrected chi connectivity index (χ3v) is 3.25. The molecule has 0 spiro atoms. The van der Waals surface area contributed by atoms with Gasteiger partial charge in [-0.15, -0.1) is 0 Å². The molecule has 0 saturated heterocycles. The lowest BCUT2D eigenvalue weighted by Crippen LogP contribution is -2.32. The molecule has 17 heavy (non-hydrogen) atoms. The standard InChI is InChI=1S/C13H26N2O2/c1-2-3-4-13(16)15-9-10-17-12-7-5-11(14)6-8-12/h11-12H,2-10,14H2,1H3,(H,15,16). The van der Waals surface area contributed by atoms with Gasteiger partial charge in [0.25, 0.3) is 0 Å². The quantitative estimate of drug-likeness (QED) is 0.666. The van der Waals surface area contributed by atoms with Gasteiger partial charge in [-0.25, -0.2) is 0 Å². The Morgan fingerprint density at radius 1 is 1.35 bits per heavy atom. The normalized spacial score (nSPS) is 24.6. The first-order valence-corrected chi connectivity index (χ1v) is 6.86. The molecule has 0 aliphatic heterocycles. The summed E-state index contributed by atoms with van der Waals surface area (Å²) in [5.41, 5.74) is 5.83. The van der Waals surface area contributed by atoms with Crippen LogP contribution in [0.3, 0.4) is 0 Å². The number of unbranched alkanes of at least 4 members (excludes halogenated alkanes) is 1. The molecule has 0 heterocycles. The second-order valence-corrected chi connectivity index (χ2v) is 4.86. The minimum atomic E-state index is 0.140. The maximum atomic E-state index is 11.3. The van der Waals surface area contributed by atoms with Gasteiger partial charge in [0.1, 0.15) is 0 Å². The zero-order valence-electron chi connectivity index (χ0n) is 10.9. The lowest BCUT2D eigenvalue weighted by molar-refractivity contribution is -0.121. The molecule has 1 fully saturated rings. The molecule has 1 amide bonds. The summed E-state index contributed by atoms with van der Waals surface area (Å²) in [6.07, 6.45) is 7.26. The van der Waals surface area contributed by atoms with Crippen molar-refractivity contribution < 1.29 is 9.53 Å². The molecule has 4 nitrogen and oxygen atoms in total. The number of hydrogen-bond donors (Lipinski definition) is 2. The average Bonchev–Trinajstić information content (AvgIpc) is 2.34. The van der Waals surface area contributed by atoms with Crippen LogP contribution < -0.4 is 11.1 Å². The maximum Gasteiger partial charge on any atom is 0.220 e. The fourth-order valence-electron chi connectivity index (χ4n) is 2.10. The summed E-state index contributed by atoms with van der Waals surface area (Å²) in [6.45, 7) is 3.34. The van der Waals surface area contributed by atoms with Gasteiger partial charge in [0, 0.05) is 19.0 Å². The molecule has 1 aliphatic rings. The number of carbonyl (C=O) groups is 1. The molecule has 1 aliphatic carbocycles. The predicted octanol–water partition coefficient (Wildman–Crippen LogP) is 1.58. The molecular weight excluding hydrogens is 216 g/mol. The van der Waals surface area contributed by atoms with E-state index in [1.165, 1.54) is 0 Å². The molecule has 1 saturated carbocycles. The first-order valence-electron chi connectivity index (χ1n) is 6.86. The summed E-state index contributed by atoms with van der Waals surface area (Å²) in [4.78, 5) is 11.3. The molecule has 0 atom stereocenters. The summed E-state index contributed by atoms with van der Waals surface area (Å²) < 4.78 is 5.72. The van der Waals surface area contributed by atoms with Crippen LogP contribution in [0.4, 0.5) is 0 Å². The number of rotatable bonds is 7. The van der Waals surface area contributed by atoms with E-state index in [4.69, 9.17) is 10.5 Å². The molecule has 0 aromatic rings. The summed E-state index contributed by atoms with van der Waals surface area (Å²) >= 11 is 0. The molecule has 0 unspecified atom stereocenters. The van der Waals surface area contributed by atoms with Gasteiger partial charge in [0.15, 0.2) is 0 Å². The molecule has 3 N–H and O–H groups in total. The second-order valence-electron chi connectivity index (χ2n) is 4.86. The Kier molecular flexibility index (Phi) is 7.21. The van der Waals surface area contributed by atoms with Crippen LogP contribution in [-0.2, 0) is 9.53 Å². The van der Waals surface area contributed by atoms with Gasteiger partial charge >= 0.3 is 0 Å². The van der Waals surface area contributed by atoms with Crippen LogP contribution in [0, 0.1) is 0 Å². The molecule has 1 rings (SSSR count). The fourth-order valence-corrected chi connectivity index (χ4v) is 2.10. The predicted molar refractivity (Wildman–Crippen MR) is 68.7 cm³/mol. The summed E-state index contributed by atoms with van der Waals surface area (Å²) in [6, 6.07) is 0.364. The van der Waals surface area contributed by atoms with Crippen LogP contribution in [0.1, 0.15) is 51.9 Å². The van der Waals surface area contributed by atoms with Crippen LogP contribution in [0.15, 0.2) is 0 Å². The highest BCUT2D eigenvalue weighted by Gasteiger charge is 2.18. The first-order chi connectivity index (χ1) is 8.22. The molecule has 4 heteroatoms. The third kappa shape index (κ3) is 6.64. The van der Waals surface area contributed by atoms with Gasteiger partial charge in [0.2, 0.25) is 5.91 Å². The number of ether oxygens (including phenoxy) is 1. The van der Waals surface area contributed by atoms with Crippen LogP contribution in [0.2, 0.25) is 0 Å². The number of nitrogens with one attached hydrogen (secondary N) is 1. The first kappa shape index (κ1) is 14.5. The highest BCUT2D eigenvalue weighted by atomic mass is 16.5. The monoisotopic (exact) mass is 242 g/mol. The lowest BCUT2D eigenvalue weighted by atomic mass is 9.94. The van der Waals surface area contributed by atoms with Gasteiger partial charge in [-0.3, -0.25) is 4.79 Å². The zero-order chi connectivity index (χ0) is 12.5. The van der Waals surface area contributed by atoms with Crippen molar-refractivity contribution >= 4 is 5.91 Å². The molecule has 0 radical (unpaired) electrons. The van der Waals surface area contributed by atoms with E-state index >= 15 is 0 Å². The Bertz CT molecular complexity index is 213. The van der Waals surface area contributed by atoms with Crippen molar-refractivity contribution in [3.63, 3.8) is 0 Å². The molecule has 0 aromatic heterocycles. The van der Waals surface area contributed by atoms with E-state index in [1.54, 1.807) is 0 Å². The van der Waals surface area contributed by atoms with E-state index in [0.29, 0.717) is 31.7 Å². The van der Waals surface area contributed by atoms with Gasteiger partial charge in [-0.2, -0.15) is 0 Å². The molecular formula is C13H26N2O2. The minimum Gasteiger partial charge on any atom is -0.376 e. The minimum absolute atomic E-state index is 0.140. The topological polar surface area (TPSA) is 64.3 Å². The van der Waals surface area contributed by atoms with Gasteiger partial charge in [-0.1, -0.05) is 13.3 Å². The van der Waals surface area contributed by atoms with E-state index < -0.39 is 0 Å². The number of carbonyl (C=O) groups excluding carboxylic acids is 1. The number of nitrogens with two attached hydrogens (primary N) is 1. The SMILES string of the molecule is CCCCC(=O)NCCOC1CCC(N)CC1. The van der Waals surface area contributed by atoms with Crippen molar-refractivity contribution in [2.24, 2.45) is 5.73 Å². The Morgan fingerprint density at radius 3 is 2.71 bits per heavy atom. The highest BCUT2D eigenvalue weighted by Crippen LogP contribution is 2.19. The van der Waals surface area contributed by atoms with Crippen LogP contribution in [-0.4, -0.2) is 31.2 Å². The van der Waals surface area contributed by atoms with E-state index in [1.807, 2.05) is 0 Å². The van der Waals surface area contributed by atoms with Crippen molar-refractivity contribution in [2.45, 2.75) is 64.0 Å². The maximum absolute atomic E-state index is 11.3. The van der Waals surface area contributed by atoms with E-state index in [9.17, 15) is 4.79 Å². The van der Waals surface area contributed by atoms with Gasteiger partial charge < -0.3 is 15.8 Å². The Balaban J connectivity index is 1.95. The largest absolute Gasteiger partial charge is 0.376 e. The summed E-state index contributed by atoms with van der Waals surface area (Å²) in [7, 11) is 0. The van der Waals surface area contributed by atoms with Gasteiger partial charge in [-0.05, 0) is 32.1 Å². The Morgan fingerprint density at radius 2 is 2.06 bits per heavy atom. The van der Waals surface area contributed by atoms with Crippen molar-refractivity contribution in [1.82, 2.24) is 5.32 Å². The third-order valence-electron chi connectivity index (χ3n) is 3.25. The van der Waals surface area contributed by atoms with E-state index in [-0.39, 0.29) is 5.91 Å². The second kappa shape index (κ2) is 8.48. The van der Waals surface area contributed by atoms with Gasteiger partial charge in [0.05, 0.1) is 12.7 Å². The molecule has 0 bridgehead atoms. The molecule has 100 valence electrons. The number of amides is 1. The Labute approximate surface area is 104 Å². The summed E-state index contributed by atoms with van der Waals surface area (Å²) in [5, 5.41) is 2.88. The van der Waals surface area contributed by atoms with Crippen molar-refractivity contribution in [2.75, 3.05) is 13.2 Å². The number of hydrogen-bond acceptors (Lipinski definition) is 3. The Hall–Kier alpha value is -0.610. The van der Waals surface area contributed by atoms with Crippen LogP contribution >= 0.6 is 0 Å². The van der Waals surface area contributed by atoms with Crippen molar-refractivity contribution in [1.29, 1.82) is 0 Å². The van der Waals surface area contributed by atoms with Crippen molar-refractivity contribution in [3.05, 3.63) is 0 Å². The zero-order valence-corrected chi connectivity index (χ0v) is 10.9. The smallest absolute Gasteiger partial charge is 0.220 e. The average molecular weight is 242 g/mol. The lowest BCUT2D eigenvalue weighted by Gasteiger charge is -2.26. The molecule has 0 aromatic carbocycles. The van der Waals surface area contributed by atoms with Crippen LogP contribution in [0.5, 0.6) is 0 Å². The highest BCUT2D eigenvalue weighted by molar-refractivity contribution is 5.75.